The summed E-state index contributed by atoms with van der Waals surface area (Å²) in [5.74, 6) is 1.65. The van der Waals surface area contributed by atoms with Crippen molar-refractivity contribution in [3.63, 3.8) is 0 Å². The van der Waals surface area contributed by atoms with Crippen LogP contribution in [0.1, 0.15) is 24.8 Å². The van der Waals surface area contributed by atoms with E-state index in [1.807, 2.05) is 6.92 Å². The van der Waals surface area contributed by atoms with Gasteiger partial charge in [0.15, 0.2) is 0 Å². The normalized spacial score (nSPS) is 14.9. The van der Waals surface area contributed by atoms with Gasteiger partial charge in [-0.25, -0.2) is 9.97 Å². The van der Waals surface area contributed by atoms with Crippen molar-refractivity contribution in [1.82, 2.24) is 9.97 Å². The van der Waals surface area contributed by atoms with Crippen molar-refractivity contribution in [3.05, 3.63) is 17.0 Å². The van der Waals surface area contributed by atoms with E-state index in [2.05, 4.69) is 15.3 Å². The monoisotopic (exact) mass is 255 g/mol. The molecule has 1 aliphatic carbocycles. The Morgan fingerprint density at radius 1 is 1.53 bits per heavy atom. The second-order valence-electron chi connectivity index (χ2n) is 4.47. The van der Waals surface area contributed by atoms with Crippen molar-refractivity contribution < 1.29 is 4.74 Å². The first-order chi connectivity index (χ1) is 8.25. The number of aromatic nitrogens is 2. The van der Waals surface area contributed by atoms with E-state index in [4.69, 9.17) is 16.3 Å². The fraction of sp³-hybridized carbons (Fsp3) is 0.667. The van der Waals surface area contributed by atoms with E-state index < -0.39 is 0 Å². The molecule has 1 aromatic rings. The molecule has 0 saturated heterocycles. The van der Waals surface area contributed by atoms with Gasteiger partial charge in [0.1, 0.15) is 5.82 Å². The maximum absolute atomic E-state index is 5.73. The molecule has 0 spiro atoms. The van der Waals surface area contributed by atoms with Gasteiger partial charge in [0.2, 0.25) is 5.28 Å². The third-order valence-corrected chi connectivity index (χ3v) is 2.93. The fourth-order valence-electron chi connectivity index (χ4n) is 1.52. The molecule has 1 aromatic heterocycles. The lowest BCUT2D eigenvalue weighted by molar-refractivity contribution is 0.124. The molecule has 2 rings (SSSR count). The first kappa shape index (κ1) is 12.6. The third-order valence-electron chi connectivity index (χ3n) is 2.75. The standard InChI is InChI=1S/C12H18ClN3O/c1-9-7-15-12(13)16-11(9)14-5-2-6-17-8-10-3-4-10/h7,10H,2-6,8H2,1H3,(H,14,15,16). The topological polar surface area (TPSA) is 47.0 Å². The molecule has 0 radical (unpaired) electrons. The lowest BCUT2D eigenvalue weighted by Crippen LogP contribution is -2.09. The highest BCUT2D eigenvalue weighted by atomic mass is 35.5. The minimum Gasteiger partial charge on any atom is -0.381 e. The van der Waals surface area contributed by atoms with Gasteiger partial charge in [0.05, 0.1) is 0 Å². The number of hydrogen-bond donors (Lipinski definition) is 1. The number of nitrogens with one attached hydrogen (secondary N) is 1. The number of halogens is 1. The highest BCUT2D eigenvalue weighted by Crippen LogP contribution is 2.28. The van der Waals surface area contributed by atoms with Crippen LogP contribution >= 0.6 is 11.6 Å². The van der Waals surface area contributed by atoms with Crippen LogP contribution < -0.4 is 5.32 Å². The summed E-state index contributed by atoms with van der Waals surface area (Å²) in [6, 6.07) is 0. The molecule has 1 N–H and O–H groups in total. The first-order valence-corrected chi connectivity index (χ1v) is 6.44. The van der Waals surface area contributed by atoms with Crippen LogP contribution in [0.15, 0.2) is 6.20 Å². The number of rotatable bonds is 7. The van der Waals surface area contributed by atoms with E-state index in [0.29, 0.717) is 0 Å². The number of ether oxygens (including phenoxy) is 1. The molecular formula is C12H18ClN3O. The van der Waals surface area contributed by atoms with Gasteiger partial charge in [-0.15, -0.1) is 0 Å². The molecule has 94 valence electrons. The van der Waals surface area contributed by atoms with Crippen LogP contribution in [0.25, 0.3) is 0 Å². The van der Waals surface area contributed by atoms with Gasteiger partial charge >= 0.3 is 0 Å². The minimum absolute atomic E-state index is 0.281. The van der Waals surface area contributed by atoms with E-state index in [0.717, 1.165) is 43.5 Å². The molecule has 1 heterocycles. The Bertz CT molecular complexity index is 369. The number of anilines is 1. The van der Waals surface area contributed by atoms with Gasteiger partial charge in [-0.05, 0) is 43.7 Å². The van der Waals surface area contributed by atoms with Crippen molar-refractivity contribution in [2.75, 3.05) is 25.1 Å². The Morgan fingerprint density at radius 2 is 2.35 bits per heavy atom. The molecule has 0 unspecified atom stereocenters. The molecule has 5 heteroatoms. The van der Waals surface area contributed by atoms with Gasteiger partial charge in [-0.2, -0.15) is 0 Å². The maximum atomic E-state index is 5.73. The Labute approximate surface area is 107 Å². The molecule has 0 aromatic carbocycles. The summed E-state index contributed by atoms with van der Waals surface area (Å²) >= 11 is 5.73. The largest absolute Gasteiger partial charge is 0.381 e. The van der Waals surface area contributed by atoms with Crippen LogP contribution in [0, 0.1) is 12.8 Å². The summed E-state index contributed by atoms with van der Waals surface area (Å²) in [5.41, 5.74) is 1.01. The van der Waals surface area contributed by atoms with Gasteiger partial charge in [0.25, 0.3) is 0 Å². The van der Waals surface area contributed by atoms with Crippen LogP contribution in [0.5, 0.6) is 0 Å². The Kier molecular flexibility index (Phi) is 4.57. The second-order valence-corrected chi connectivity index (χ2v) is 4.81. The minimum atomic E-state index is 0.281. The molecule has 0 amide bonds. The van der Waals surface area contributed by atoms with Crippen LogP contribution in [0.3, 0.4) is 0 Å². The molecule has 1 fully saturated rings. The summed E-state index contributed by atoms with van der Waals surface area (Å²) in [6.45, 7) is 4.54. The van der Waals surface area contributed by atoms with Crippen molar-refractivity contribution in [2.24, 2.45) is 5.92 Å². The van der Waals surface area contributed by atoms with Crippen molar-refractivity contribution >= 4 is 17.4 Å². The summed E-state index contributed by atoms with van der Waals surface area (Å²) in [5, 5.41) is 3.52. The first-order valence-electron chi connectivity index (χ1n) is 6.06. The Balaban J connectivity index is 1.61. The lowest BCUT2D eigenvalue weighted by atomic mass is 10.3. The highest BCUT2D eigenvalue weighted by molar-refractivity contribution is 6.28. The predicted octanol–water partition coefficient (Wildman–Crippen LogP) is 2.67. The molecule has 0 atom stereocenters. The lowest BCUT2D eigenvalue weighted by Gasteiger charge is -2.08. The van der Waals surface area contributed by atoms with Crippen molar-refractivity contribution in [3.8, 4) is 0 Å². The highest BCUT2D eigenvalue weighted by Gasteiger charge is 2.20. The summed E-state index contributed by atoms with van der Waals surface area (Å²) in [7, 11) is 0. The molecular weight excluding hydrogens is 238 g/mol. The molecule has 0 aliphatic heterocycles. The summed E-state index contributed by atoms with van der Waals surface area (Å²) < 4.78 is 5.55. The quantitative estimate of drug-likeness (QED) is 0.601. The summed E-state index contributed by atoms with van der Waals surface area (Å²) in [6.07, 6.45) is 5.39. The van der Waals surface area contributed by atoms with E-state index in [9.17, 15) is 0 Å². The van der Waals surface area contributed by atoms with E-state index >= 15 is 0 Å². The zero-order chi connectivity index (χ0) is 12.1. The average Bonchev–Trinajstić information content (AvgIpc) is 3.11. The number of nitrogens with zero attached hydrogens (tertiary/aromatic N) is 2. The molecule has 0 bridgehead atoms. The van der Waals surface area contributed by atoms with Gasteiger partial charge in [0, 0.05) is 31.5 Å². The van der Waals surface area contributed by atoms with Crippen LogP contribution in [-0.2, 0) is 4.74 Å². The van der Waals surface area contributed by atoms with Crippen molar-refractivity contribution in [1.29, 1.82) is 0 Å². The third kappa shape index (κ3) is 4.48. The zero-order valence-corrected chi connectivity index (χ0v) is 10.8. The Morgan fingerprint density at radius 3 is 3.12 bits per heavy atom. The summed E-state index contributed by atoms with van der Waals surface area (Å²) in [4.78, 5) is 8.04. The van der Waals surface area contributed by atoms with Gasteiger partial charge in [-0.1, -0.05) is 0 Å². The zero-order valence-electron chi connectivity index (χ0n) is 10.1. The van der Waals surface area contributed by atoms with Crippen LogP contribution in [0.4, 0.5) is 5.82 Å². The van der Waals surface area contributed by atoms with E-state index in [1.54, 1.807) is 6.20 Å². The van der Waals surface area contributed by atoms with E-state index in [1.165, 1.54) is 12.8 Å². The maximum Gasteiger partial charge on any atom is 0.224 e. The molecule has 1 aliphatic rings. The van der Waals surface area contributed by atoms with Crippen LogP contribution in [-0.4, -0.2) is 29.7 Å². The van der Waals surface area contributed by atoms with Gasteiger partial charge in [-0.3, -0.25) is 0 Å². The second kappa shape index (κ2) is 6.17. The predicted molar refractivity (Wildman–Crippen MR) is 68.4 cm³/mol. The van der Waals surface area contributed by atoms with Crippen LogP contribution in [0.2, 0.25) is 5.28 Å². The smallest absolute Gasteiger partial charge is 0.224 e. The fourth-order valence-corrected chi connectivity index (χ4v) is 1.65. The number of hydrogen-bond acceptors (Lipinski definition) is 4. The number of aryl methyl sites for hydroxylation is 1. The molecule has 1 saturated carbocycles. The SMILES string of the molecule is Cc1cnc(Cl)nc1NCCCOCC1CC1. The van der Waals surface area contributed by atoms with Crippen molar-refractivity contribution in [2.45, 2.75) is 26.2 Å². The van der Waals surface area contributed by atoms with E-state index in [-0.39, 0.29) is 5.28 Å². The average molecular weight is 256 g/mol. The Hall–Kier alpha value is -0.870. The van der Waals surface area contributed by atoms with Gasteiger partial charge < -0.3 is 10.1 Å². The molecule has 4 nitrogen and oxygen atoms in total. The molecule has 17 heavy (non-hydrogen) atoms.